The molecule has 0 aliphatic carbocycles. The van der Waals surface area contributed by atoms with E-state index < -0.39 is 18.3 Å². The van der Waals surface area contributed by atoms with Crippen molar-refractivity contribution in [1.82, 2.24) is 0 Å². The number of furan rings is 1. The molecule has 3 nitrogen and oxygen atoms in total. The van der Waals surface area contributed by atoms with Gasteiger partial charge in [0.25, 0.3) is 0 Å². The van der Waals surface area contributed by atoms with Gasteiger partial charge in [0, 0.05) is 21.8 Å². The zero-order valence-electron chi connectivity index (χ0n) is 17.6. The van der Waals surface area contributed by atoms with Crippen molar-refractivity contribution in [3.05, 3.63) is 66.2 Å². The molecule has 1 aliphatic heterocycles. The quantitative estimate of drug-likeness (QED) is 0.406. The average Bonchev–Trinajstić information content (AvgIpc) is 3.15. The van der Waals surface area contributed by atoms with E-state index in [4.69, 9.17) is 13.7 Å². The maximum absolute atomic E-state index is 6.51. The van der Waals surface area contributed by atoms with Gasteiger partial charge in [-0.25, -0.2) is 0 Å². The second-order valence-electron chi connectivity index (χ2n) is 8.97. The van der Waals surface area contributed by atoms with Crippen LogP contribution in [0.15, 0.2) is 65.1 Å². The molecule has 0 amide bonds. The summed E-state index contributed by atoms with van der Waals surface area (Å²) >= 11 is 0. The minimum Gasteiger partial charge on any atom is -0.456 e. The van der Waals surface area contributed by atoms with Crippen molar-refractivity contribution in [3.8, 4) is 11.1 Å². The molecule has 1 aliphatic rings. The molecule has 4 aromatic rings. The minimum atomic E-state index is -0.455. The van der Waals surface area contributed by atoms with Gasteiger partial charge in [-0.3, -0.25) is 0 Å². The molecule has 1 fully saturated rings. The highest BCUT2D eigenvalue weighted by atomic mass is 16.7. The predicted molar refractivity (Wildman–Crippen MR) is 120 cm³/mol. The molecule has 0 saturated carbocycles. The molecule has 5 rings (SSSR count). The van der Waals surface area contributed by atoms with Gasteiger partial charge >= 0.3 is 7.12 Å². The first-order chi connectivity index (χ1) is 13.8. The Hall–Kier alpha value is -2.56. The van der Waals surface area contributed by atoms with Crippen LogP contribution in [-0.4, -0.2) is 18.3 Å². The summed E-state index contributed by atoms with van der Waals surface area (Å²) in [4.78, 5) is 0. The van der Waals surface area contributed by atoms with E-state index in [0.717, 1.165) is 44.1 Å². The molecule has 29 heavy (non-hydrogen) atoms. The number of benzene rings is 3. The highest BCUT2D eigenvalue weighted by Gasteiger charge is 2.52. The highest BCUT2D eigenvalue weighted by Crippen LogP contribution is 2.39. The number of rotatable bonds is 2. The van der Waals surface area contributed by atoms with E-state index in [1.165, 1.54) is 0 Å². The van der Waals surface area contributed by atoms with E-state index in [9.17, 15) is 0 Å². The highest BCUT2D eigenvalue weighted by molar-refractivity contribution is 6.65. The second kappa shape index (κ2) is 6.22. The van der Waals surface area contributed by atoms with Gasteiger partial charge in [-0.2, -0.15) is 0 Å². The first kappa shape index (κ1) is 18.5. The summed E-state index contributed by atoms with van der Waals surface area (Å²) < 4.78 is 19.2. The lowest BCUT2D eigenvalue weighted by Gasteiger charge is -2.32. The molecule has 146 valence electrons. The van der Waals surface area contributed by atoms with Crippen molar-refractivity contribution >= 4 is 34.5 Å². The summed E-state index contributed by atoms with van der Waals surface area (Å²) in [5.41, 5.74) is 5.31. The number of hydrogen-bond acceptors (Lipinski definition) is 3. The Bertz CT molecular complexity index is 1210. The minimum absolute atomic E-state index is 0.394. The fourth-order valence-electron chi connectivity index (χ4n) is 4.07. The molecular formula is C25H25BO3. The van der Waals surface area contributed by atoms with Gasteiger partial charge in [-0.05, 0) is 46.2 Å². The molecule has 2 heterocycles. The summed E-state index contributed by atoms with van der Waals surface area (Å²) in [6.07, 6.45) is 0. The lowest BCUT2D eigenvalue weighted by molar-refractivity contribution is 0.00578. The van der Waals surface area contributed by atoms with E-state index >= 15 is 0 Å². The Balaban J connectivity index is 1.75. The Kier molecular flexibility index (Phi) is 3.96. The first-order valence-electron chi connectivity index (χ1n) is 10.1. The van der Waals surface area contributed by atoms with Crippen molar-refractivity contribution in [1.29, 1.82) is 0 Å². The summed E-state index contributed by atoms with van der Waals surface area (Å²) in [7, 11) is -0.455. The van der Waals surface area contributed by atoms with E-state index in [2.05, 4.69) is 89.2 Å². The van der Waals surface area contributed by atoms with E-state index in [1.54, 1.807) is 0 Å². The van der Waals surface area contributed by atoms with Crippen LogP contribution in [0.3, 0.4) is 0 Å². The average molecular weight is 384 g/mol. The summed E-state index contributed by atoms with van der Waals surface area (Å²) in [5.74, 6) is 0. The molecule has 0 atom stereocenters. The Morgan fingerprint density at radius 1 is 0.724 bits per heavy atom. The lowest BCUT2D eigenvalue weighted by Crippen LogP contribution is -2.41. The van der Waals surface area contributed by atoms with Crippen molar-refractivity contribution in [3.63, 3.8) is 0 Å². The standard InChI is InChI=1S/C25H25BO3/c1-16-14-20-19-13-9-12-18(17-10-7-6-8-11-17)22(19)27-23(20)21(15-16)26-28-24(2,3)25(4,5)29-26/h6-15H,1-5H3. The number of aryl methyl sites for hydroxylation is 1. The third-order valence-electron chi connectivity index (χ3n) is 6.36. The zero-order valence-corrected chi connectivity index (χ0v) is 17.6. The van der Waals surface area contributed by atoms with Gasteiger partial charge in [0.15, 0.2) is 0 Å². The van der Waals surface area contributed by atoms with Crippen LogP contribution >= 0.6 is 0 Å². The van der Waals surface area contributed by atoms with Crippen molar-refractivity contribution in [2.75, 3.05) is 0 Å². The van der Waals surface area contributed by atoms with Gasteiger partial charge in [-0.15, -0.1) is 0 Å². The molecule has 1 saturated heterocycles. The molecule has 3 aromatic carbocycles. The Morgan fingerprint density at radius 2 is 1.41 bits per heavy atom. The lowest BCUT2D eigenvalue weighted by atomic mass is 9.77. The predicted octanol–water partition coefficient (Wildman–Crippen LogP) is 5.86. The maximum Gasteiger partial charge on any atom is 0.498 e. The van der Waals surface area contributed by atoms with Gasteiger partial charge in [0.2, 0.25) is 0 Å². The number of hydrogen-bond donors (Lipinski definition) is 0. The third kappa shape index (κ3) is 2.82. The van der Waals surface area contributed by atoms with Gasteiger partial charge in [-0.1, -0.05) is 60.2 Å². The Labute approximate surface area is 171 Å². The SMILES string of the molecule is Cc1cc(B2OC(C)(C)C(C)(C)O2)c2oc3c(-c4ccccc4)cccc3c2c1. The van der Waals surface area contributed by atoms with Gasteiger partial charge in [0.05, 0.1) is 11.2 Å². The summed E-state index contributed by atoms with van der Waals surface area (Å²) in [6, 6.07) is 21.0. The molecule has 0 bridgehead atoms. The maximum atomic E-state index is 6.51. The smallest absolute Gasteiger partial charge is 0.456 e. The van der Waals surface area contributed by atoms with Crippen LogP contribution in [-0.2, 0) is 9.31 Å². The zero-order chi connectivity index (χ0) is 20.4. The van der Waals surface area contributed by atoms with Gasteiger partial charge in [0.1, 0.15) is 11.2 Å². The molecule has 1 aromatic heterocycles. The Morgan fingerprint density at radius 3 is 2.10 bits per heavy atom. The summed E-state index contributed by atoms with van der Waals surface area (Å²) in [5, 5.41) is 2.21. The van der Waals surface area contributed by atoms with Crippen LogP contribution in [0, 0.1) is 6.92 Å². The largest absolute Gasteiger partial charge is 0.498 e. The van der Waals surface area contributed by atoms with Gasteiger partial charge < -0.3 is 13.7 Å². The second-order valence-corrected chi connectivity index (χ2v) is 8.97. The fourth-order valence-corrected chi connectivity index (χ4v) is 4.07. The monoisotopic (exact) mass is 384 g/mol. The molecule has 0 radical (unpaired) electrons. The van der Waals surface area contributed by atoms with E-state index in [-0.39, 0.29) is 0 Å². The normalized spacial score (nSPS) is 18.0. The third-order valence-corrected chi connectivity index (χ3v) is 6.36. The first-order valence-corrected chi connectivity index (χ1v) is 10.1. The number of para-hydroxylation sites is 1. The van der Waals surface area contributed by atoms with Crippen LogP contribution in [0.2, 0.25) is 0 Å². The van der Waals surface area contributed by atoms with Crippen LogP contribution < -0.4 is 5.46 Å². The van der Waals surface area contributed by atoms with Crippen molar-refractivity contribution < 1.29 is 13.7 Å². The van der Waals surface area contributed by atoms with E-state index in [1.807, 2.05) is 6.07 Å². The van der Waals surface area contributed by atoms with Crippen LogP contribution in [0.4, 0.5) is 0 Å². The number of fused-ring (bicyclic) bond motifs is 3. The fraction of sp³-hybridized carbons (Fsp3) is 0.280. The van der Waals surface area contributed by atoms with Crippen LogP contribution in [0.1, 0.15) is 33.3 Å². The molecule has 0 N–H and O–H groups in total. The molecular weight excluding hydrogens is 359 g/mol. The molecule has 0 spiro atoms. The molecule has 0 unspecified atom stereocenters. The summed E-state index contributed by atoms with van der Waals surface area (Å²) in [6.45, 7) is 10.4. The van der Waals surface area contributed by atoms with Crippen LogP contribution in [0.25, 0.3) is 33.1 Å². The van der Waals surface area contributed by atoms with E-state index in [0.29, 0.717) is 0 Å². The molecule has 4 heteroatoms. The van der Waals surface area contributed by atoms with Crippen molar-refractivity contribution in [2.24, 2.45) is 0 Å². The van der Waals surface area contributed by atoms with Crippen molar-refractivity contribution in [2.45, 2.75) is 45.8 Å². The van der Waals surface area contributed by atoms with Crippen LogP contribution in [0.5, 0.6) is 0 Å². The topological polar surface area (TPSA) is 31.6 Å².